The zero-order chi connectivity index (χ0) is 35.3. The Morgan fingerprint density at radius 3 is 2.59 bits per heavy atom. The number of nitrogens with zero attached hydrogens (tertiary/aromatic N) is 2. The number of para-hydroxylation sites is 2. The summed E-state index contributed by atoms with van der Waals surface area (Å²) in [4.78, 5) is 54.2. The smallest absolute Gasteiger partial charge is 0.255 e. The molecule has 0 aromatic heterocycles. The summed E-state index contributed by atoms with van der Waals surface area (Å²) in [6.07, 6.45) is 11.5. The standard InChI is InChI=1S/C39H52N8O4/c40-21-26(34-23-42-32-10-1-2-11-33(32)44-34)22-41-27-16-18-46(19-17-27)37(49)13-4-7-25-6-3-8-28(20-25)43-31-12-5-9-29-30(31)24-47(39(29)51)35-14-15-36(48)45-38(35)50/h1-2,5,9-12,22,25,27-28,34-35,41-44H,3-4,6-8,13-21,23-24,40H2,(H,45,48,50)/b26-22+. The number of benzene rings is 2. The third-order valence-electron chi connectivity index (χ3n) is 11.5. The number of hydrogen-bond acceptors (Lipinski definition) is 9. The van der Waals surface area contributed by atoms with Crippen LogP contribution in [-0.4, -0.2) is 83.8 Å². The molecule has 4 aliphatic heterocycles. The lowest BCUT2D eigenvalue weighted by atomic mass is 9.82. The Balaban J connectivity index is 0.832. The number of likely N-dealkylation sites (tertiary alicyclic amines) is 1. The monoisotopic (exact) mass is 696 g/mol. The van der Waals surface area contributed by atoms with E-state index in [-0.39, 0.29) is 36.1 Å². The quantitative estimate of drug-likeness (QED) is 0.192. The number of nitrogens with two attached hydrogens (primary N) is 1. The van der Waals surface area contributed by atoms with Crippen molar-refractivity contribution in [3.05, 3.63) is 65.4 Å². The third kappa shape index (κ3) is 8.01. The molecule has 1 saturated carbocycles. The molecule has 12 heteroatoms. The molecule has 7 N–H and O–H groups in total. The van der Waals surface area contributed by atoms with E-state index in [0.29, 0.717) is 49.5 Å². The molecule has 12 nitrogen and oxygen atoms in total. The van der Waals surface area contributed by atoms with Gasteiger partial charge in [0, 0.05) is 74.5 Å². The summed E-state index contributed by atoms with van der Waals surface area (Å²) in [5.74, 6) is 0.000657. The number of hydrogen-bond donors (Lipinski definition) is 6. The Hall–Kier alpha value is -4.58. The van der Waals surface area contributed by atoms with Gasteiger partial charge in [-0.3, -0.25) is 24.5 Å². The van der Waals surface area contributed by atoms with Gasteiger partial charge < -0.3 is 36.8 Å². The maximum absolute atomic E-state index is 13.3. The van der Waals surface area contributed by atoms with E-state index >= 15 is 0 Å². The van der Waals surface area contributed by atoms with Gasteiger partial charge in [0.15, 0.2) is 0 Å². The van der Waals surface area contributed by atoms with Gasteiger partial charge in [0.2, 0.25) is 17.7 Å². The van der Waals surface area contributed by atoms with Crippen molar-refractivity contribution < 1.29 is 19.2 Å². The number of fused-ring (bicyclic) bond motifs is 2. The molecule has 0 radical (unpaired) electrons. The van der Waals surface area contributed by atoms with Gasteiger partial charge in [-0.1, -0.05) is 31.0 Å². The summed E-state index contributed by atoms with van der Waals surface area (Å²) in [6.45, 7) is 3.19. The van der Waals surface area contributed by atoms with Crippen molar-refractivity contribution >= 4 is 40.7 Å². The normalized spacial score (nSPS) is 25.4. The second kappa shape index (κ2) is 15.8. The molecule has 4 heterocycles. The van der Waals surface area contributed by atoms with E-state index in [0.717, 1.165) is 92.8 Å². The number of piperidine rings is 2. The number of anilines is 3. The third-order valence-corrected chi connectivity index (χ3v) is 11.5. The summed E-state index contributed by atoms with van der Waals surface area (Å²) in [7, 11) is 0. The highest BCUT2D eigenvalue weighted by atomic mass is 16.2. The highest BCUT2D eigenvalue weighted by molar-refractivity contribution is 6.06. The molecule has 1 aliphatic carbocycles. The van der Waals surface area contributed by atoms with E-state index in [1.54, 1.807) is 4.90 Å². The number of carbonyl (C=O) groups excluding carboxylic acids is 4. The van der Waals surface area contributed by atoms with Crippen LogP contribution in [0.15, 0.2) is 54.2 Å². The molecule has 4 amide bonds. The van der Waals surface area contributed by atoms with Gasteiger partial charge in [-0.2, -0.15) is 0 Å². The van der Waals surface area contributed by atoms with Crippen molar-refractivity contribution in [1.29, 1.82) is 0 Å². The second-order valence-corrected chi connectivity index (χ2v) is 14.9. The van der Waals surface area contributed by atoms with Crippen LogP contribution in [0.4, 0.5) is 17.1 Å². The molecular weight excluding hydrogens is 644 g/mol. The molecule has 7 rings (SSSR count). The molecule has 4 unspecified atom stereocenters. The zero-order valence-corrected chi connectivity index (χ0v) is 29.4. The Kier molecular flexibility index (Phi) is 10.8. The molecule has 2 saturated heterocycles. The van der Waals surface area contributed by atoms with Crippen LogP contribution < -0.4 is 32.3 Å². The van der Waals surface area contributed by atoms with E-state index in [4.69, 9.17) is 5.73 Å². The molecule has 51 heavy (non-hydrogen) atoms. The van der Waals surface area contributed by atoms with E-state index in [1.165, 1.54) is 6.42 Å². The van der Waals surface area contributed by atoms with E-state index in [2.05, 4.69) is 44.9 Å². The molecule has 0 spiro atoms. The minimum absolute atomic E-state index is 0.136. The van der Waals surface area contributed by atoms with Gasteiger partial charge in [0.05, 0.1) is 17.4 Å². The molecule has 3 fully saturated rings. The van der Waals surface area contributed by atoms with Crippen LogP contribution in [0, 0.1) is 5.92 Å². The Morgan fingerprint density at radius 2 is 1.78 bits per heavy atom. The average molecular weight is 697 g/mol. The predicted molar refractivity (Wildman–Crippen MR) is 198 cm³/mol. The van der Waals surface area contributed by atoms with Crippen LogP contribution in [0.2, 0.25) is 0 Å². The van der Waals surface area contributed by atoms with Gasteiger partial charge >= 0.3 is 0 Å². The first-order valence-electron chi connectivity index (χ1n) is 18.9. The summed E-state index contributed by atoms with van der Waals surface area (Å²) in [6, 6.07) is 14.1. The van der Waals surface area contributed by atoms with Crippen LogP contribution in [0.25, 0.3) is 0 Å². The average Bonchev–Trinajstić information content (AvgIpc) is 3.48. The highest BCUT2D eigenvalue weighted by Gasteiger charge is 2.40. The lowest BCUT2D eigenvalue weighted by Gasteiger charge is -2.34. The van der Waals surface area contributed by atoms with E-state index < -0.39 is 6.04 Å². The van der Waals surface area contributed by atoms with Crippen molar-refractivity contribution in [3.63, 3.8) is 0 Å². The molecule has 2 aromatic carbocycles. The van der Waals surface area contributed by atoms with Gasteiger partial charge in [-0.15, -0.1) is 0 Å². The fourth-order valence-corrected chi connectivity index (χ4v) is 8.59. The molecule has 0 bridgehead atoms. The summed E-state index contributed by atoms with van der Waals surface area (Å²) in [5.41, 5.74) is 12.0. The van der Waals surface area contributed by atoms with Crippen LogP contribution in [0.1, 0.15) is 86.6 Å². The first-order chi connectivity index (χ1) is 24.9. The van der Waals surface area contributed by atoms with Gasteiger partial charge in [0.25, 0.3) is 5.91 Å². The SMILES string of the molecule is NC/C(=C\NC1CCN(C(=O)CCCC2CCCC(Nc3cccc4c3CN(C3CCC(=O)NC3=O)C4=O)C2)CC1)C1CNc2ccccc2N1. The molecule has 5 aliphatic rings. The topological polar surface area (TPSA) is 161 Å². The van der Waals surface area contributed by atoms with Gasteiger partial charge in [0.1, 0.15) is 6.04 Å². The minimum Gasteiger partial charge on any atom is -0.388 e. The largest absolute Gasteiger partial charge is 0.388 e. The molecular formula is C39H52N8O4. The van der Waals surface area contributed by atoms with E-state index in [1.807, 2.05) is 35.2 Å². The fraction of sp³-hybridized carbons (Fsp3) is 0.538. The predicted octanol–water partition coefficient (Wildman–Crippen LogP) is 3.92. The van der Waals surface area contributed by atoms with Crippen LogP contribution in [0.5, 0.6) is 0 Å². The highest BCUT2D eigenvalue weighted by Crippen LogP contribution is 2.36. The Labute approximate surface area is 300 Å². The maximum Gasteiger partial charge on any atom is 0.255 e. The van der Waals surface area contributed by atoms with E-state index in [9.17, 15) is 19.2 Å². The fourth-order valence-electron chi connectivity index (χ4n) is 8.59. The molecule has 2 aromatic rings. The van der Waals surface area contributed by atoms with Crippen LogP contribution in [-0.2, 0) is 20.9 Å². The van der Waals surface area contributed by atoms with Gasteiger partial charge in [-0.25, -0.2) is 0 Å². The van der Waals surface area contributed by atoms with Crippen molar-refractivity contribution in [2.24, 2.45) is 11.7 Å². The summed E-state index contributed by atoms with van der Waals surface area (Å²) in [5, 5.41) is 16.8. The number of imide groups is 1. The Bertz CT molecular complexity index is 1650. The van der Waals surface area contributed by atoms with Crippen LogP contribution >= 0.6 is 0 Å². The first-order valence-corrected chi connectivity index (χ1v) is 18.9. The van der Waals surface area contributed by atoms with Crippen molar-refractivity contribution in [3.8, 4) is 0 Å². The number of carbonyl (C=O) groups is 4. The zero-order valence-electron chi connectivity index (χ0n) is 29.4. The molecule has 4 atom stereocenters. The van der Waals surface area contributed by atoms with Gasteiger partial charge in [-0.05, 0) is 86.9 Å². The van der Waals surface area contributed by atoms with Crippen molar-refractivity contribution in [2.75, 3.05) is 42.1 Å². The van der Waals surface area contributed by atoms with Crippen molar-refractivity contribution in [2.45, 2.75) is 101 Å². The Morgan fingerprint density at radius 1 is 0.961 bits per heavy atom. The summed E-state index contributed by atoms with van der Waals surface area (Å²) < 4.78 is 0. The number of nitrogens with one attached hydrogen (secondary N) is 5. The summed E-state index contributed by atoms with van der Waals surface area (Å²) >= 11 is 0. The maximum atomic E-state index is 13.3. The number of rotatable bonds is 11. The van der Waals surface area contributed by atoms with Crippen LogP contribution in [0.3, 0.4) is 0 Å². The molecule has 272 valence electrons. The first kappa shape index (κ1) is 34.9. The lowest BCUT2D eigenvalue weighted by Crippen LogP contribution is -2.52. The number of amides is 4. The second-order valence-electron chi connectivity index (χ2n) is 14.9. The van der Waals surface area contributed by atoms with Crippen molar-refractivity contribution in [1.82, 2.24) is 20.4 Å². The lowest BCUT2D eigenvalue weighted by molar-refractivity contribution is -0.137. The minimum atomic E-state index is -0.617.